The first-order chi connectivity index (χ1) is 10.3. The highest BCUT2D eigenvalue weighted by molar-refractivity contribution is 9.10. The Hall–Kier alpha value is -1.78. The fourth-order valence-electron chi connectivity index (χ4n) is 2.37. The summed E-state index contributed by atoms with van der Waals surface area (Å²) in [5.41, 5.74) is 3.48. The van der Waals surface area contributed by atoms with Gasteiger partial charge in [0.1, 0.15) is 0 Å². The molecule has 0 aliphatic rings. The van der Waals surface area contributed by atoms with Gasteiger partial charge in [0.2, 0.25) is 0 Å². The average Bonchev–Trinajstić information content (AvgIpc) is 2.55. The Labute approximate surface area is 132 Å². The van der Waals surface area contributed by atoms with E-state index in [1.807, 2.05) is 36.8 Å². The van der Waals surface area contributed by atoms with Crippen LogP contribution in [0.4, 0.5) is 0 Å². The third-order valence-corrected chi connectivity index (χ3v) is 4.30. The summed E-state index contributed by atoms with van der Waals surface area (Å²) in [5, 5.41) is 4.69. The van der Waals surface area contributed by atoms with Crippen LogP contribution in [0.25, 0.3) is 10.9 Å². The van der Waals surface area contributed by atoms with Crippen molar-refractivity contribution in [3.63, 3.8) is 0 Å². The molecule has 0 saturated carbocycles. The van der Waals surface area contributed by atoms with Gasteiger partial charge in [-0.1, -0.05) is 28.1 Å². The van der Waals surface area contributed by atoms with Crippen LogP contribution < -0.4 is 5.32 Å². The van der Waals surface area contributed by atoms with Gasteiger partial charge in [0.05, 0.1) is 5.52 Å². The number of rotatable bonds is 4. The molecule has 0 radical (unpaired) electrons. The zero-order valence-corrected chi connectivity index (χ0v) is 13.3. The van der Waals surface area contributed by atoms with E-state index in [-0.39, 0.29) is 6.04 Å². The van der Waals surface area contributed by atoms with Gasteiger partial charge in [-0.25, -0.2) is 0 Å². The van der Waals surface area contributed by atoms with Crippen molar-refractivity contribution >= 4 is 26.8 Å². The Bertz CT molecular complexity index is 743. The normalized spacial score (nSPS) is 12.5. The third kappa shape index (κ3) is 3.12. The Balaban J connectivity index is 1.81. The molecule has 3 rings (SSSR count). The molecular formula is C17H16BrN3. The molecule has 0 aliphatic heterocycles. The predicted molar refractivity (Wildman–Crippen MR) is 88.9 cm³/mol. The van der Waals surface area contributed by atoms with E-state index in [1.54, 1.807) is 0 Å². The van der Waals surface area contributed by atoms with E-state index in [9.17, 15) is 0 Å². The maximum Gasteiger partial charge on any atom is 0.0758 e. The number of pyridine rings is 2. The van der Waals surface area contributed by atoms with E-state index in [4.69, 9.17) is 0 Å². The van der Waals surface area contributed by atoms with Crippen LogP contribution in [0.2, 0.25) is 0 Å². The van der Waals surface area contributed by atoms with Crippen LogP contribution >= 0.6 is 15.9 Å². The summed E-state index contributed by atoms with van der Waals surface area (Å²) in [6.07, 6.45) is 5.48. The molecule has 1 N–H and O–H groups in total. The quantitative estimate of drug-likeness (QED) is 0.771. The molecule has 0 fully saturated rings. The summed E-state index contributed by atoms with van der Waals surface area (Å²) < 4.78 is 1.08. The van der Waals surface area contributed by atoms with Crippen molar-refractivity contribution in [1.82, 2.24) is 15.3 Å². The molecule has 0 spiro atoms. The van der Waals surface area contributed by atoms with Gasteiger partial charge in [0.15, 0.2) is 0 Å². The molecule has 2 aromatic heterocycles. The summed E-state index contributed by atoms with van der Waals surface area (Å²) in [5.74, 6) is 0. The zero-order valence-electron chi connectivity index (χ0n) is 11.8. The van der Waals surface area contributed by atoms with Gasteiger partial charge in [-0.3, -0.25) is 9.97 Å². The molecule has 1 atom stereocenters. The molecule has 21 heavy (non-hydrogen) atoms. The van der Waals surface area contributed by atoms with Gasteiger partial charge in [0.25, 0.3) is 0 Å². The fraction of sp³-hybridized carbons (Fsp3) is 0.176. The van der Waals surface area contributed by atoms with Crippen molar-refractivity contribution in [3.05, 3.63) is 70.6 Å². The number of benzene rings is 1. The molecule has 0 bridgehead atoms. The minimum Gasteiger partial charge on any atom is -0.306 e. The molecule has 3 nitrogen and oxygen atoms in total. The lowest BCUT2D eigenvalue weighted by molar-refractivity contribution is 0.575. The number of hydrogen-bond acceptors (Lipinski definition) is 3. The van der Waals surface area contributed by atoms with Gasteiger partial charge in [-0.2, -0.15) is 0 Å². The lowest BCUT2D eigenvalue weighted by atomic mass is 10.1. The molecule has 106 valence electrons. The van der Waals surface area contributed by atoms with Crippen molar-refractivity contribution in [3.8, 4) is 0 Å². The Kier molecular flexibility index (Phi) is 4.27. The zero-order chi connectivity index (χ0) is 14.7. The summed E-state index contributed by atoms with van der Waals surface area (Å²) in [6, 6.07) is 12.6. The van der Waals surface area contributed by atoms with E-state index < -0.39 is 0 Å². The van der Waals surface area contributed by atoms with Crippen molar-refractivity contribution in [2.75, 3.05) is 0 Å². The van der Waals surface area contributed by atoms with E-state index in [1.165, 1.54) is 11.1 Å². The summed E-state index contributed by atoms with van der Waals surface area (Å²) in [7, 11) is 0. The van der Waals surface area contributed by atoms with Gasteiger partial charge in [-0.05, 0) is 42.3 Å². The first kappa shape index (κ1) is 14.2. The second kappa shape index (κ2) is 6.33. The van der Waals surface area contributed by atoms with Crippen LogP contribution in [0.15, 0.2) is 59.5 Å². The molecule has 0 amide bonds. The molecule has 3 aromatic rings. The van der Waals surface area contributed by atoms with E-state index >= 15 is 0 Å². The van der Waals surface area contributed by atoms with Crippen LogP contribution in [0.5, 0.6) is 0 Å². The van der Waals surface area contributed by atoms with E-state index in [0.29, 0.717) is 0 Å². The Morgan fingerprint density at radius 2 is 1.90 bits per heavy atom. The molecule has 1 aromatic carbocycles. The Morgan fingerprint density at radius 1 is 1.10 bits per heavy atom. The number of hydrogen-bond donors (Lipinski definition) is 1. The second-order valence-electron chi connectivity index (χ2n) is 4.99. The SMILES string of the molecule is CC(NCc1ccc(Br)c2cccnc12)c1ccncc1. The largest absolute Gasteiger partial charge is 0.306 e. The lowest BCUT2D eigenvalue weighted by Crippen LogP contribution is -2.18. The standard InChI is InChI=1S/C17H16BrN3/c1-12(13-6-9-19-10-7-13)21-11-14-4-5-16(18)15-3-2-8-20-17(14)15/h2-10,12,21H,11H2,1H3. The maximum atomic E-state index is 4.51. The van der Waals surface area contributed by atoms with Crippen LogP contribution in [0.3, 0.4) is 0 Å². The van der Waals surface area contributed by atoms with Gasteiger partial charge in [-0.15, -0.1) is 0 Å². The van der Waals surface area contributed by atoms with E-state index in [2.05, 4.69) is 56.3 Å². The molecule has 2 heterocycles. The molecule has 0 saturated heterocycles. The highest BCUT2D eigenvalue weighted by atomic mass is 79.9. The smallest absolute Gasteiger partial charge is 0.0758 e. The van der Waals surface area contributed by atoms with Crippen molar-refractivity contribution in [1.29, 1.82) is 0 Å². The van der Waals surface area contributed by atoms with Gasteiger partial charge in [0, 0.05) is 41.0 Å². The predicted octanol–water partition coefficient (Wildman–Crippen LogP) is 4.24. The van der Waals surface area contributed by atoms with Crippen molar-refractivity contribution in [2.24, 2.45) is 0 Å². The van der Waals surface area contributed by atoms with Gasteiger partial charge < -0.3 is 5.32 Å². The van der Waals surface area contributed by atoms with E-state index in [0.717, 1.165) is 21.9 Å². The summed E-state index contributed by atoms with van der Waals surface area (Å²) in [6.45, 7) is 2.94. The van der Waals surface area contributed by atoms with Crippen LogP contribution in [-0.4, -0.2) is 9.97 Å². The lowest BCUT2D eigenvalue weighted by Gasteiger charge is -2.15. The van der Waals surface area contributed by atoms with Gasteiger partial charge >= 0.3 is 0 Å². The third-order valence-electron chi connectivity index (χ3n) is 3.60. The fourth-order valence-corrected chi connectivity index (χ4v) is 2.82. The minimum absolute atomic E-state index is 0.274. The first-order valence-corrected chi connectivity index (χ1v) is 7.70. The van der Waals surface area contributed by atoms with Crippen LogP contribution in [0.1, 0.15) is 24.1 Å². The summed E-state index contributed by atoms with van der Waals surface area (Å²) in [4.78, 5) is 8.57. The molecular weight excluding hydrogens is 326 g/mol. The average molecular weight is 342 g/mol. The van der Waals surface area contributed by atoms with Crippen LogP contribution in [0, 0.1) is 0 Å². The van der Waals surface area contributed by atoms with Crippen molar-refractivity contribution in [2.45, 2.75) is 19.5 Å². The maximum absolute atomic E-state index is 4.51. The number of fused-ring (bicyclic) bond motifs is 1. The molecule has 4 heteroatoms. The molecule has 1 unspecified atom stereocenters. The first-order valence-electron chi connectivity index (χ1n) is 6.91. The Morgan fingerprint density at radius 3 is 2.71 bits per heavy atom. The number of aromatic nitrogens is 2. The highest BCUT2D eigenvalue weighted by Gasteiger charge is 2.08. The number of nitrogens with one attached hydrogen (secondary N) is 1. The van der Waals surface area contributed by atoms with Crippen molar-refractivity contribution < 1.29 is 0 Å². The van der Waals surface area contributed by atoms with Crippen LogP contribution in [-0.2, 0) is 6.54 Å². The minimum atomic E-state index is 0.274. The monoisotopic (exact) mass is 341 g/mol. The molecule has 0 aliphatic carbocycles. The highest BCUT2D eigenvalue weighted by Crippen LogP contribution is 2.25. The number of nitrogens with zero attached hydrogens (tertiary/aromatic N) is 2. The second-order valence-corrected chi connectivity index (χ2v) is 5.84. The topological polar surface area (TPSA) is 37.8 Å². The summed E-state index contributed by atoms with van der Waals surface area (Å²) >= 11 is 3.58. The number of halogens is 1.